The number of anilines is 1. The molecule has 0 unspecified atom stereocenters. The van der Waals surface area contributed by atoms with Crippen LogP contribution in [-0.4, -0.2) is 29.5 Å². The highest BCUT2D eigenvalue weighted by atomic mass is 16.5. The van der Waals surface area contributed by atoms with E-state index in [2.05, 4.69) is 17.6 Å². The topological polar surface area (TPSA) is 73.5 Å². The van der Waals surface area contributed by atoms with Crippen LogP contribution in [0, 0.1) is 0 Å². The number of imidazole rings is 1. The summed E-state index contributed by atoms with van der Waals surface area (Å²) in [6.07, 6.45) is 2.75. The Morgan fingerprint density at radius 3 is 2.50 bits per heavy atom. The van der Waals surface area contributed by atoms with E-state index < -0.39 is 6.10 Å². The number of unbranched alkanes of at least 4 members (excludes halogenated alkanes) is 2. The number of nitrogens with zero attached hydrogens (tertiary/aromatic N) is 2. The van der Waals surface area contributed by atoms with E-state index in [0.29, 0.717) is 18.2 Å². The van der Waals surface area contributed by atoms with Gasteiger partial charge in [-0.25, -0.2) is 9.13 Å². The average molecular weight is 385 g/mol. The van der Waals surface area contributed by atoms with Crippen LogP contribution >= 0.6 is 0 Å². The lowest BCUT2D eigenvalue weighted by Crippen LogP contribution is -2.43. The first-order valence-corrected chi connectivity index (χ1v) is 9.85. The van der Waals surface area contributed by atoms with Gasteiger partial charge in [-0.05, 0) is 42.8 Å². The van der Waals surface area contributed by atoms with Crippen LogP contribution in [0.3, 0.4) is 0 Å². The smallest absolute Gasteiger partial charge is 0.356 e. The predicted molar refractivity (Wildman–Crippen MR) is 111 cm³/mol. The number of nitrogens with two attached hydrogens (primary N) is 1. The van der Waals surface area contributed by atoms with Crippen molar-refractivity contribution in [1.82, 2.24) is 4.57 Å². The van der Waals surface area contributed by atoms with Crippen LogP contribution in [0.2, 0.25) is 0 Å². The van der Waals surface area contributed by atoms with Crippen molar-refractivity contribution in [2.75, 3.05) is 19.5 Å². The molecule has 150 valence electrons. The Hall–Kier alpha value is -2.73. The lowest BCUT2D eigenvalue weighted by atomic mass is 10.2. The number of methoxy groups -OCH3 is 1. The quantitative estimate of drug-likeness (QED) is 0.416. The van der Waals surface area contributed by atoms with E-state index in [-0.39, 0.29) is 6.61 Å². The molecule has 6 heteroatoms. The van der Waals surface area contributed by atoms with Crippen molar-refractivity contribution in [3.05, 3.63) is 48.5 Å². The van der Waals surface area contributed by atoms with Crippen LogP contribution in [0.15, 0.2) is 48.5 Å². The molecular formula is C22H30N3O3+. The van der Waals surface area contributed by atoms with Gasteiger partial charge in [0.1, 0.15) is 41.8 Å². The summed E-state index contributed by atoms with van der Waals surface area (Å²) in [7, 11) is 1.62. The first-order valence-electron chi connectivity index (χ1n) is 9.85. The fraction of sp³-hybridized carbons (Fsp3) is 0.409. The molecule has 1 heterocycles. The number of rotatable bonds is 10. The molecule has 0 aliphatic rings. The maximum absolute atomic E-state index is 10.5. The molecule has 0 fully saturated rings. The maximum Gasteiger partial charge on any atom is 0.356 e. The molecule has 0 aliphatic carbocycles. The molecule has 2 aromatic carbocycles. The summed E-state index contributed by atoms with van der Waals surface area (Å²) < 4.78 is 15.0. The summed E-state index contributed by atoms with van der Waals surface area (Å²) in [5.74, 6) is 2.13. The van der Waals surface area contributed by atoms with Gasteiger partial charge in [-0.1, -0.05) is 31.9 Å². The van der Waals surface area contributed by atoms with Crippen LogP contribution in [0.25, 0.3) is 11.0 Å². The number of ether oxygens (including phenoxy) is 2. The third kappa shape index (κ3) is 4.57. The van der Waals surface area contributed by atoms with E-state index >= 15 is 0 Å². The van der Waals surface area contributed by atoms with E-state index in [0.717, 1.165) is 29.7 Å². The molecular weight excluding hydrogens is 354 g/mol. The largest absolute Gasteiger partial charge is 0.497 e. The minimum absolute atomic E-state index is 0.189. The number of aliphatic hydroxyl groups excluding tert-OH is 1. The third-order valence-corrected chi connectivity index (χ3v) is 4.90. The normalized spacial score (nSPS) is 12.2. The monoisotopic (exact) mass is 384 g/mol. The van der Waals surface area contributed by atoms with Gasteiger partial charge < -0.3 is 14.6 Å². The van der Waals surface area contributed by atoms with Crippen LogP contribution in [0.4, 0.5) is 5.95 Å². The van der Waals surface area contributed by atoms with Crippen molar-refractivity contribution in [2.24, 2.45) is 0 Å². The minimum atomic E-state index is -0.677. The molecule has 1 atom stereocenters. The molecule has 3 aromatic rings. The van der Waals surface area contributed by atoms with E-state index in [1.54, 1.807) is 7.11 Å². The zero-order valence-electron chi connectivity index (χ0n) is 16.7. The van der Waals surface area contributed by atoms with Gasteiger partial charge in [0.2, 0.25) is 0 Å². The Morgan fingerprint density at radius 2 is 1.79 bits per heavy atom. The molecule has 0 saturated heterocycles. The van der Waals surface area contributed by atoms with Crippen molar-refractivity contribution < 1.29 is 19.1 Å². The number of aryl methyl sites for hydroxylation is 1. The highest BCUT2D eigenvalue weighted by molar-refractivity contribution is 5.73. The number of aliphatic hydroxyl groups is 1. The van der Waals surface area contributed by atoms with Crippen molar-refractivity contribution in [2.45, 2.75) is 45.4 Å². The van der Waals surface area contributed by atoms with Crippen molar-refractivity contribution >= 4 is 17.0 Å². The van der Waals surface area contributed by atoms with E-state index in [9.17, 15) is 5.11 Å². The molecule has 0 amide bonds. The molecule has 1 aromatic heterocycles. The molecule has 6 nitrogen and oxygen atoms in total. The third-order valence-electron chi connectivity index (χ3n) is 4.90. The molecule has 0 spiro atoms. The molecule has 0 saturated carbocycles. The molecule has 0 aliphatic heterocycles. The van der Waals surface area contributed by atoms with E-state index in [1.165, 1.54) is 12.8 Å². The second-order valence-electron chi connectivity index (χ2n) is 6.96. The van der Waals surface area contributed by atoms with Gasteiger partial charge in [0.25, 0.3) is 0 Å². The first kappa shape index (κ1) is 20.0. The zero-order chi connectivity index (χ0) is 19.9. The summed E-state index contributed by atoms with van der Waals surface area (Å²) >= 11 is 0. The zero-order valence-corrected chi connectivity index (χ0v) is 16.7. The van der Waals surface area contributed by atoms with Crippen molar-refractivity contribution in [1.29, 1.82) is 0 Å². The standard InChI is InChI=1S/C22H29N3O3/c1-3-4-7-14-24-20-8-5-6-9-21(20)25(22(24)23)15-17(26)16-28-19-12-10-18(27-2)11-13-19/h5-6,8-13,17,23,26H,3-4,7,14-16H2,1-2H3/p+1/t17-/m1/s1. The van der Waals surface area contributed by atoms with Gasteiger partial charge in [-0.2, -0.15) is 0 Å². The Bertz CT molecular complexity index is 890. The molecule has 3 rings (SSSR count). The average Bonchev–Trinajstić information content (AvgIpc) is 2.99. The van der Waals surface area contributed by atoms with Gasteiger partial charge in [0.05, 0.1) is 13.7 Å². The fourth-order valence-corrected chi connectivity index (χ4v) is 3.39. The Morgan fingerprint density at radius 1 is 1.07 bits per heavy atom. The first-order chi connectivity index (χ1) is 13.6. The number of hydrogen-bond acceptors (Lipinski definition) is 4. The number of benzene rings is 2. The highest BCUT2D eigenvalue weighted by Crippen LogP contribution is 2.19. The second kappa shape index (κ2) is 9.46. The Kier molecular flexibility index (Phi) is 6.76. The molecule has 0 radical (unpaired) electrons. The Labute approximate surface area is 166 Å². The molecule has 28 heavy (non-hydrogen) atoms. The lowest BCUT2D eigenvalue weighted by molar-refractivity contribution is -0.665. The predicted octanol–water partition coefficient (Wildman–Crippen LogP) is 3.15. The maximum atomic E-state index is 10.5. The highest BCUT2D eigenvalue weighted by Gasteiger charge is 2.22. The van der Waals surface area contributed by atoms with E-state index in [4.69, 9.17) is 15.2 Å². The molecule has 3 N–H and O–H groups in total. The van der Waals surface area contributed by atoms with Crippen molar-refractivity contribution in [3.8, 4) is 11.5 Å². The second-order valence-corrected chi connectivity index (χ2v) is 6.96. The van der Waals surface area contributed by atoms with Gasteiger partial charge in [-0.15, -0.1) is 0 Å². The number of hydrogen-bond donors (Lipinski definition) is 2. The van der Waals surface area contributed by atoms with Crippen LogP contribution < -0.4 is 19.8 Å². The summed E-state index contributed by atoms with van der Waals surface area (Å²) in [5, 5.41) is 10.5. The van der Waals surface area contributed by atoms with Crippen molar-refractivity contribution in [3.63, 3.8) is 0 Å². The SMILES string of the molecule is CCCCCn1c(N)[n+](C[C@@H](O)COc2ccc(OC)cc2)c2ccccc21. The van der Waals surface area contributed by atoms with Gasteiger partial charge in [0.15, 0.2) is 0 Å². The van der Waals surface area contributed by atoms with E-state index in [1.807, 2.05) is 47.0 Å². The Balaban J connectivity index is 1.70. The lowest BCUT2D eigenvalue weighted by Gasteiger charge is -2.12. The number of aromatic nitrogens is 2. The summed E-state index contributed by atoms with van der Waals surface area (Å²) in [6, 6.07) is 15.4. The number of nitrogen functional groups attached to an aromatic ring is 1. The van der Waals surface area contributed by atoms with Gasteiger partial charge in [0, 0.05) is 0 Å². The summed E-state index contributed by atoms with van der Waals surface area (Å²) in [4.78, 5) is 0. The summed E-state index contributed by atoms with van der Waals surface area (Å²) in [5.41, 5.74) is 8.57. The number of fused-ring (bicyclic) bond motifs is 1. The van der Waals surface area contributed by atoms with Gasteiger partial charge >= 0.3 is 5.95 Å². The molecule has 0 bridgehead atoms. The summed E-state index contributed by atoms with van der Waals surface area (Å²) in [6.45, 7) is 3.64. The minimum Gasteiger partial charge on any atom is -0.497 e. The van der Waals surface area contributed by atoms with Gasteiger partial charge in [-0.3, -0.25) is 5.73 Å². The number of para-hydroxylation sites is 2. The fourth-order valence-electron chi connectivity index (χ4n) is 3.39. The van der Waals surface area contributed by atoms with Crippen LogP contribution in [-0.2, 0) is 13.1 Å². The van der Waals surface area contributed by atoms with Crippen LogP contribution in [0.1, 0.15) is 26.2 Å². The van der Waals surface area contributed by atoms with Crippen LogP contribution in [0.5, 0.6) is 11.5 Å².